The van der Waals surface area contributed by atoms with Crippen molar-refractivity contribution >= 4 is 11.9 Å². The normalized spacial score (nSPS) is 10.6. The molecule has 0 spiro atoms. The highest BCUT2D eigenvalue weighted by molar-refractivity contribution is 5.97. The van der Waals surface area contributed by atoms with Crippen LogP contribution in [0.4, 0.5) is 0 Å². The van der Waals surface area contributed by atoms with Crippen molar-refractivity contribution in [2.75, 3.05) is 13.7 Å². The molecule has 0 amide bonds. The largest absolute Gasteiger partial charge is 0.493 e. The number of ether oxygens (including phenoxy) is 2. The van der Waals surface area contributed by atoms with E-state index in [1.807, 2.05) is 55.5 Å². The summed E-state index contributed by atoms with van der Waals surface area (Å²) in [6, 6.07) is 14.7. The molecule has 3 nitrogen and oxygen atoms in total. The highest BCUT2D eigenvalue weighted by Crippen LogP contribution is 2.28. The van der Waals surface area contributed by atoms with Gasteiger partial charge >= 0.3 is 0 Å². The molecule has 21 heavy (non-hydrogen) atoms. The van der Waals surface area contributed by atoms with Crippen molar-refractivity contribution in [3.63, 3.8) is 0 Å². The molecule has 0 aliphatic heterocycles. The Labute approximate surface area is 124 Å². The van der Waals surface area contributed by atoms with Crippen molar-refractivity contribution in [3.8, 4) is 11.5 Å². The van der Waals surface area contributed by atoms with Crippen LogP contribution in [0.2, 0.25) is 0 Å². The van der Waals surface area contributed by atoms with Crippen LogP contribution >= 0.6 is 0 Å². The van der Waals surface area contributed by atoms with Crippen LogP contribution in [-0.2, 0) is 0 Å². The molecule has 2 aromatic rings. The summed E-state index contributed by atoms with van der Waals surface area (Å²) in [4.78, 5) is 12.0. The van der Waals surface area contributed by atoms with Gasteiger partial charge in [0.15, 0.2) is 23.9 Å². The molecule has 0 heterocycles. The first-order chi connectivity index (χ1) is 10.2. The zero-order valence-corrected chi connectivity index (χ0v) is 12.2. The van der Waals surface area contributed by atoms with Crippen molar-refractivity contribution in [2.24, 2.45) is 0 Å². The van der Waals surface area contributed by atoms with Gasteiger partial charge in [-0.05, 0) is 24.6 Å². The predicted octanol–water partition coefficient (Wildman–Crippen LogP) is 3.99. The van der Waals surface area contributed by atoms with E-state index in [2.05, 4.69) is 0 Å². The van der Waals surface area contributed by atoms with Crippen LogP contribution in [0.5, 0.6) is 11.5 Å². The SMILES string of the molecule is CC=Cc1ccc(OCC(=O)c2ccccc2)c(OC)c1. The Morgan fingerprint density at radius 2 is 1.86 bits per heavy atom. The number of hydrogen-bond acceptors (Lipinski definition) is 3. The Balaban J connectivity index is 2.08. The van der Waals surface area contributed by atoms with E-state index in [1.54, 1.807) is 19.2 Å². The lowest BCUT2D eigenvalue weighted by atomic mass is 10.1. The zero-order chi connectivity index (χ0) is 15.1. The second kappa shape index (κ2) is 7.29. The van der Waals surface area contributed by atoms with Gasteiger partial charge < -0.3 is 9.47 Å². The average molecular weight is 282 g/mol. The second-order valence-electron chi connectivity index (χ2n) is 4.49. The molecule has 0 aliphatic carbocycles. The van der Waals surface area contributed by atoms with Gasteiger partial charge in [-0.1, -0.05) is 48.6 Å². The highest BCUT2D eigenvalue weighted by atomic mass is 16.5. The monoisotopic (exact) mass is 282 g/mol. The second-order valence-corrected chi connectivity index (χ2v) is 4.49. The topological polar surface area (TPSA) is 35.5 Å². The molecule has 0 atom stereocenters. The number of allylic oxidation sites excluding steroid dienone is 1. The molecule has 0 radical (unpaired) electrons. The summed E-state index contributed by atoms with van der Waals surface area (Å²) in [5.74, 6) is 1.12. The van der Waals surface area contributed by atoms with E-state index < -0.39 is 0 Å². The summed E-state index contributed by atoms with van der Waals surface area (Å²) in [6.45, 7) is 1.94. The molecule has 2 rings (SSSR count). The van der Waals surface area contributed by atoms with Gasteiger partial charge in [0.2, 0.25) is 0 Å². The van der Waals surface area contributed by atoms with Gasteiger partial charge in [-0.2, -0.15) is 0 Å². The number of Topliss-reactive ketones (excluding diaryl/α,β-unsaturated/α-hetero) is 1. The molecular formula is C18H18O3. The highest BCUT2D eigenvalue weighted by Gasteiger charge is 2.09. The minimum Gasteiger partial charge on any atom is -0.493 e. The summed E-state index contributed by atoms with van der Waals surface area (Å²) in [6.07, 6.45) is 3.93. The van der Waals surface area contributed by atoms with Crippen LogP contribution in [-0.4, -0.2) is 19.5 Å². The third-order valence-electron chi connectivity index (χ3n) is 3.00. The van der Waals surface area contributed by atoms with Crippen molar-refractivity contribution in [2.45, 2.75) is 6.92 Å². The molecule has 0 unspecified atom stereocenters. The van der Waals surface area contributed by atoms with Gasteiger partial charge in [0, 0.05) is 5.56 Å². The third kappa shape index (κ3) is 3.96. The van der Waals surface area contributed by atoms with E-state index in [0.29, 0.717) is 17.1 Å². The van der Waals surface area contributed by atoms with Gasteiger partial charge in [-0.15, -0.1) is 0 Å². The molecule has 0 saturated heterocycles. The number of ketones is 1. The van der Waals surface area contributed by atoms with Crippen LogP contribution in [0.15, 0.2) is 54.6 Å². The maximum absolute atomic E-state index is 12.0. The van der Waals surface area contributed by atoms with E-state index in [0.717, 1.165) is 5.56 Å². The molecule has 0 bridgehead atoms. The number of carbonyl (C=O) groups excluding carboxylic acids is 1. The fourth-order valence-corrected chi connectivity index (χ4v) is 1.95. The van der Waals surface area contributed by atoms with Crippen LogP contribution in [0.25, 0.3) is 6.08 Å². The Morgan fingerprint density at radius 1 is 1.10 bits per heavy atom. The van der Waals surface area contributed by atoms with Crippen molar-refractivity contribution in [3.05, 3.63) is 65.7 Å². The fourth-order valence-electron chi connectivity index (χ4n) is 1.95. The lowest BCUT2D eigenvalue weighted by Gasteiger charge is -2.11. The summed E-state index contributed by atoms with van der Waals surface area (Å²) in [5, 5.41) is 0. The Morgan fingerprint density at radius 3 is 2.52 bits per heavy atom. The minimum atomic E-state index is -0.0600. The molecule has 2 aromatic carbocycles. The van der Waals surface area contributed by atoms with E-state index >= 15 is 0 Å². The predicted molar refractivity (Wildman–Crippen MR) is 84.0 cm³/mol. The van der Waals surface area contributed by atoms with E-state index in [9.17, 15) is 4.79 Å². The molecule has 0 aliphatic rings. The molecule has 108 valence electrons. The molecule has 0 N–H and O–H groups in total. The zero-order valence-electron chi connectivity index (χ0n) is 12.2. The van der Waals surface area contributed by atoms with E-state index in [4.69, 9.17) is 9.47 Å². The maximum Gasteiger partial charge on any atom is 0.200 e. The van der Waals surface area contributed by atoms with Crippen LogP contribution in [0.3, 0.4) is 0 Å². The molecule has 0 aromatic heterocycles. The Bertz CT molecular complexity index is 630. The number of benzene rings is 2. The number of rotatable bonds is 6. The van der Waals surface area contributed by atoms with Crippen molar-refractivity contribution in [1.29, 1.82) is 0 Å². The fraction of sp³-hybridized carbons (Fsp3) is 0.167. The summed E-state index contributed by atoms with van der Waals surface area (Å²) >= 11 is 0. The van der Waals surface area contributed by atoms with Crippen LogP contribution in [0.1, 0.15) is 22.8 Å². The number of hydrogen-bond donors (Lipinski definition) is 0. The smallest absolute Gasteiger partial charge is 0.200 e. The van der Waals surface area contributed by atoms with Gasteiger partial charge in [0.25, 0.3) is 0 Å². The Hall–Kier alpha value is -2.55. The average Bonchev–Trinajstić information content (AvgIpc) is 2.54. The summed E-state index contributed by atoms with van der Waals surface area (Å²) < 4.78 is 10.9. The number of carbonyl (C=O) groups is 1. The lowest BCUT2D eigenvalue weighted by Crippen LogP contribution is -2.11. The first-order valence-corrected chi connectivity index (χ1v) is 6.76. The minimum absolute atomic E-state index is 0.0106. The first kappa shape index (κ1) is 14.9. The van der Waals surface area contributed by atoms with Crippen LogP contribution in [0, 0.1) is 0 Å². The summed E-state index contributed by atoms with van der Waals surface area (Å²) in [7, 11) is 1.58. The maximum atomic E-state index is 12.0. The van der Waals surface area contributed by atoms with Crippen molar-refractivity contribution < 1.29 is 14.3 Å². The van der Waals surface area contributed by atoms with Crippen molar-refractivity contribution in [1.82, 2.24) is 0 Å². The molecule has 0 saturated carbocycles. The van der Waals surface area contributed by atoms with E-state index in [-0.39, 0.29) is 12.4 Å². The quantitative estimate of drug-likeness (QED) is 0.751. The van der Waals surface area contributed by atoms with Gasteiger partial charge in [0.1, 0.15) is 0 Å². The van der Waals surface area contributed by atoms with Crippen LogP contribution < -0.4 is 9.47 Å². The third-order valence-corrected chi connectivity index (χ3v) is 3.00. The van der Waals surface area contributed by atoms with E-state index in [1.165, 1.54) is 0 Å². The molecule has 3 heteroatoms. The molecule has 0 fully saturated rings. The van der Waals surface area contributed by atoms with Gasteiger partial charge in [-0.25, -0.2) is 0 Å². The Kier molecular flexibility index (Phi) is 5.16. The summed E-state index contributed by atoms with van der Waals surface area (Å²) in [5.41, 5.74) is 1.66. The standard InChI is InChI=1S/C18H18O3/c1-3-7-14-10-11-17(18(12-14)20-2)21-13-16(19)15-8-5-4-6-9-15/h3-12H,13H2,1-2H3. The molecular weight excluding hydrogens is 264 g/mol. The number of methoxy groups -OCH3 is 1. The van der Waals surface area contributed by atoms with Gasteiger partial charge in [0.05, 0.1) is 7.11 Å². The lowest BCUT2D eigenvalue weighted by molar-refractivity contribution is 0.0919. The first-order valence-electron chi connectivity index (χ1n) is 6.76. The van der Waals surface area contributed by atoms with Gasteiger partial charge in [-0.3, -0.25) is 4.79 Å².